The molecule has 0 aromatic carbocycles. The largest absolute Gasteiger partial charge is 0.481 e. The highest BCUT2D eigenvalue weighted by Crippen LogP contribution is 2.29. The van der Waals surface area contributed by atoms with Gasteiger partial charge in [-0.15, -0.1) is 5.10 Å². The summed E-state index contributed by atoms with van der Waals surface area (Å²) in [5, 5.41) is 17.6. The maximum Gasteiger partial charge on any atom is 0.417 e. The molecule has 0 bridgehead atoms. The number of aliphatic carboxylic acids is 1. The summed E-state index contributed by atoms with van der Waals surface area (Å²) in [6.07, 6.45) is -0.118. The van der Waals surface area contributed by atoms with Crippen LogP contribution in [0.2, 0.25) is 0 Å². The molecular formula is C22H26F3N5O3. The van der Waals surface area contributed by atoms with E-state index >= 15 is 0 Å². The zero-order valence-corrected chi connectivity index (χ0v) is 18.6. The molecule has 3 aromatic heterocycles. The number of hydrogen-bond acceptors (Lipinski definition) is 5. The summed E-state index contributed by atoms with van der Waals surface area (Å²) < 4.78 is 47.2. The zero-order chi connectivity index (χ0) is 24.2. The van der Waals surface area contributed by atoms with Crippen LogP contribution in [0.4, 0.5) is 13.2 Å². The number of carboxylic acids is 1. The molecule has 3 rings (SSSR count). The van der Waals surface area contributed by atoms with Gasteiger partial charge in [0.05, 0.1) is 24.3 Å². The number of hydrogen-bond donors (Lipinski definition) is 1. The molecule has 0 fully saturated rings. The predicted molar refractivity (Wildman–Crippen MR) is 113 cm³/mol. The first kappa shape index (κ1) is 24.3. The number of ether oxygens (including phenoxy) is 1. The lowest BCUT2D eigenvalue weighted by Gasteiger charge is -2.06. The molecule has 0 atom stereocenters. The molecule has 33 heavy (non-hydrogen) atoms. The van der Waals surface area contributed by atoms with Crippen LogP contribution in [-0.4, -0.2) is 42.2 Å². The normalized spacial score (nSPS) is 11.8. The van der Waals surface area contributed by atoms with Crippen molar-refractivity contribution in [3.05, 3.63) is 53.1 Å². The number of carboxylic acid groups (broad SMARTS) is 1. The first-order chi connectivity index (χ1) is 15.5. The molecule has 0 saturated heterocycles. The Kier molecular flexibility index (Phi) is 7.39. The van der Waals surface area contributed by atoms with Gasteiger partial charge in [-0.25, -0.2) is 9.67 Å². The second-order valence-electron chi connectivity index (χ2n) is 7.98. The Labute approximate surface area is 189 Å². The average molecular weight is 465 g/mol. The van der Waals surface area contributed by atoms with Gasteiger partial charge in [-0.05, 0) is 42.9 Å². The molecule has 3 heterocycles. The summed E-state index contributed by atoms with van der Waals surface area (Å²) in [6, 6.07) is 4.02. The summed E-state index contributed by atoms with van der Waals surface area (Å²) in [4.78, 5) is 14.7. The fourth-order valence-electron chi connectivity index (χ4n) is 3.36. The summed E-state index contributed by atoms with van der Waals surface area (Å²) in [5.41, 5.74) is 1.80. The number of pyridine rings is 1. The Morgan fingerprint density at radius 1 is 1.21 bits per heavy atom. The molecule has 0 aliphatic carbocycles. The van der Waals surface area contributed by atoms with Gasteiger partial charge in [0.1, 0.15) is 0 Å². The van der Waals surface area contributed by atoms with Crippen molar-refractivity contribution in [3.8, 4) is 11.7 Å². The van der Waals surface area contributed by atoms with Crippen molar-refractivity contribution in [3.63, 3.8) is 0 Å². The van der Waals surface area contributed by atoms with E-state index in [-0.39, 0.29) is 12.3 Å². The highest BCUT2D eigenvalue weighted by molar-refractivity contribution is 5.67. The molecule has 0 saturated carbocycles. The van der Waals surface area contributed by atoms with E-state index in [0.29, 0.717) is 37.6 Å². The second kappa shape index (κ2) is 10.1. The van der Waals surface area contributed by atoms with E-state index in [0.717, 1.165) is 29.2 Å². The van der Waals surface area contributed by atoms with E-state index in [1.54, 1.807) is 24.0 Å². The molecule has 11 heteroatoms. The third kappa shape index (κ3) is 6.33. The number of carbonyl (C=O) groups is 1. The van der Waals surface area contributed by atoms with Gasteiger partial charge in [0.15, 0.2) is 5.82 Å². The first-order valence-corrected chi connectivity index (χ1v) is 10.5. The number of alkyl halides is 3. The number of halogens is 3. The predicted octanol–water partition coefficient (Wildman–Crippen LogP) is 4.17. The van der Waals surface area contributed by atoms with E-state index in [1.165, 1.54) is 10.7 Å². The van der Waals surface area contributed by atoms with Crippen molar-refractivity contribution >= 4 is 5.97 Å². The van der Waals surface area contributed by atoms with Gasteiger partial charge in [-0.3, -0.25) is 9.48 Å². The average Bonchev–Trinajstić information content (AvgIpc) is 3.32. The van der Waals surface area contributed by atoms with E-state index in [1.807, 2.05) is 13.8 Å². The van der Waals surface area contributed by atoms with E-state index in [4.69, 9.17) is 9.84 Å². The Morgan fingerprint density at radius 3 is 2.58 bits per heavy atom. The van der Waals surface area contributed by atoms with E-state index in [9.17, 15) is 18.0 Å². The molecule has 0 unspecified atom stereocenters. The maximum absolute atomic E-state index is 12.8. The molecule has 3 aromatic rings. The molecule has 0 aliphatic rings. The SMILES string of the molecule is CC(C)c1nn(-c2ccc(C(F)(F)F)cn2)cc1CCCOc1cc(CCC(=O)O)n(C)n1. The van der Waals surface area contributed by atoms with Crippen molar-refractivity contribution in [2.24, 2.45) is 7.05 Å². The van der Waals surface area contributed by atoms with Crippen LogP contribution in [0.5, 0.6) is 5.88 Å². The lowest BCUT2D eigenvalue weighted by Crippen LogP contribution is -2.07. The minimum absolute atomic E-state index is 0.0226. The molecular weight excluding hydrogens is 439 g/mol. The monoisotopic (exact) mass is 465 g/mol. The van der Waals surface area contributed by atoms with E-state index < -0.39 is 17.7 Å². The van der Waals surface area contributed by atoms with Crippen molar-refractivity contribution in [2.45, 2.75) is 51.6 Å². The number of aryl methyl sites for hydroxylation is 3. The van der Waals surface area contributed by atoms with Crippen molar-refractivity contribution in [1.82, 2.24) is 24.5 Å². The highest BCUT2D eigenvalue weighted by atomic mass is 19.4. The van der Waals surface area contributed by atoms with Crippen LogP contribution in [0.25, 0.3) is 5.82 Å². The quantitative estimate of drug-likeness (QED) is 0.452. The second-order valence-corrected chi connectivity index (χ2v) is 7.98. The maximum atomic E-state index is 12.8. The Morgan fingerprint density at radius 2 is 1.97 bits per heavy atom. The third-order valence-corrected chi connectivity index (χ3v) is 5.07. The molecule has 8 nitrogen and oxygen atoms in total. The number of nitrogens with zero attached hydrogens (tertiary/aromatic N) is 5. The van der Waals surface area contributed by atoms with Gasteiger partial charge < -0.3 is 9.84 Å². The highest BCUT2D eigenvalue weighted by Gasteiger charge is 2.30. The fourth-order valence-corrected chi connectivity index (χ4v) is 3.36. The topological polar surface area (TPSA) is 95.1 Å². The molecule has 0 spiro atoms. The fraction of sp³-hybridized carbons (Fsp3) is 0.455. The van der Waals surface area contributed by atoms with Crippen LogP contribution < -0.4 is 4.74 Å². The van der Waals surface area contributed by atoms with Crippen molar-refractivity contribution in [2.75, 3.05) is 6.61 Å². The lowest BCUT2D eigenvalue weighted by molar-refractivity contribution is -0.138. The Hall–Kier alpha value is -3.37. The van der Waals surface area contributed by atoms with Gasteiger partial charge in [0, 0.05) is 31.2 Å². The van der Waals surface area contributed by atoms with Crippen LogP contribution in [0.15, 0.2) is 30.6 Å². The molecule has 0 radical (unpaired) electrons. The zero-order valence-electron chi connectivity index (χ0n) is 18.6. The van der Waals surface area contributed by atoms with Gasteiger partial charge in [0.2, 0.25) is 5.88 Å². The number of aromatic nitrogens is 5. The molecule has 0 aliphatic heterocycles. The first-order valence-electron chi connectivity index (χ1n) is 10.5. The van der Waals surface area contributed by atoms with Gasteiger partial charge in [0.25, 0.3) is 0 Å². The van der Waals surface area contributed by atoms with Gasteiger partial charge >= 0.3 is 12.1 Å². The van der Waals surface area contributed by atoms with Gasteiger partial charge in [-0.1, -0.05) is 13.8 Å². The summed E-state index contributed by atoms with van der Waals surface area (Å²) in [5.74, 6) is 0.0114. The third-order valence-electron chi connectivity index (χ3n) is 5.07. The van der Waals surface area contributed by atoms with Crippen LogP contribution in [0.1, 0.15) is 55.1 Å². The Bertz CT molecular complexity index is 1090. The van der Waals surface area contributed by atoms with Crippen LogP contribution in [0, 0.1) is 0 Å². The summed E-state index contributed by atoms with van der Waals surface area (Å²) in [6.45, 7) is 4.40. The van der Waals surface area contributed by atoms with Crippen molar-refractivity contribution < 1.29 is 27.8 Å². The minimum atomic E-state index is -4.44. The summed E-state index contributed by atoms with van der Waals surface area (Å²) in [7, 11) is 1.74. The summed E-state index contributed by atoms with van der Waals surface area (Å²) >= 11 is 0. The smallest absolute Gasteiger partial charge is 0.417 e. The molecule has 1 N–H and O–H groups in total. The standard InChI is InChI=1S/C22H26F3N5O3/c1-14(2)21-15(13-30(28-21)18-8-6-16(12-26-18)22(23,24)25)5-4-10-33-19-11-17(29(3)27-19)7-9-20(31)32/h6,8,11-14H,4-5,7,9-10H2,1-3H3,(H,31,32). The van der Waals surface area contributed by atoms with Crippen LogP contribution in [0.3, 0.4) is 0 Å². The molecule has 178 valence electrons. The Balaban J connectivity index is 1.61. The lowest BCUT2D eigenvalue weighted by atomic mass is 10.0. The minimum Gasteiger partial charge on any atom is -0.481 e. The van der Waals surface area contributed by atoms with Crippen LogP contribution in [-0.2, 0) is 30.9 Å². The molecule has 0 amide bonds. The van der Waals surface area contributed by atoms with Crippen LogP contribution >= 0.6 is 0 Å². The van der Waals surface area contributed by atoms with Gasteiger partial charge in [-0.2, -0.15) is 18.3 Å². The van der Waals surface area contributed by atoms with E-state index in [2.05, 4.69) is 15.2 Å². The van der Waals surface area contributed by atoms with Crippen molar-refractivity contribution in [1.29, 1.82) is 0 Å². The number of rotatable bonds is 10.